The van der Waals surface area contributed by atoms with Gasteiger partial charge in [-0.2, -0.15) is 0 Å². The number of rotatable bonds is 6. The summed E-state index contributed by atoms with van der Waals surface area (Å²) in [5.41, 5.74) is 1.74. The van der Waals surface area contributed by atoms with Crippen molar-refractivity contribution in [3.63, 3.8) is 0 Å². The molecule has 1 aliphatic heterocycles. The van der Waals surface area contributed by atoms with E-state index in [2.05, 4.69) is 35.6 Å². The standard InChI is InChI=1S/C24H24ClN7O3/c1-15-11-21(31-35-15)30-24(33)34-17-6-4-10-32(14-17)22-18-13-28-23(29-20(18)8-9-26-22)27-12-16-5-2-3-7-19(16)25/h2-3,5,7-9,11,13,17H,4,6,10,12,14H2,1H3,(H,27,28,29)(H,30,31,33). The van der Waals surface area contributed by atoms with Gasteiger partial charge in [-0.3, -0.25) is 5.32 Å². The molecule has 1 unspecified atom stereocenters. The average molecular weight is 494 g/mol. The molecule has 1 atom stereocenters. The largest absolute Gasteiger partial charge is 0.444 e. The van der Waals surface area contributed by atoms with E-state index in [0.29, 0.717) is 35.6 Å². The fraction of sp³-hybridized carbons (Fsp3) is 0.292. The van der Waals surface area contributed by atoms with Crippen molar-refractivity contribution in [3.8, 4) is 0 Å². The Bertz CT molecular complexity index is 1350. The molecule has 2 N–H and O–H groups in total. The van der Waals surface area contributed by atoms with Crippen molar-refractivity contribution in [2.45, 2.75) is 32.4 Å². The quantitative estimate of drug-likeness (QED) is 0.390. The molecule has 1 aliphatic rings. The molecule has 0 spiro atoms. The number of carbonyl (C=O) groups excluding carboxylic acids is 1. The zero-order valence-corrected chi connectivity index (χ0v) is 19.8. The maximum absolute atomic E-state index is 12.3. The molecular formula is C24H24ClN7O3. The highest BCUT2D eigenvalue weighted by Crippen LogP contribution is 2.27. The first-order valence-electron chi connectivity index (χ1n) is 11.3. The number of benzene rings is 1. The lowest BCUT2D eigenvalue weighted by Gasteiger charge is -2.33. The summed E-state index contributed by atoms with van der Waals surface area (Å²) in [5.74, 6) is 2.21. The number of halogens is 1. The van der Waals surface area contributed by atoms with Crippen molar-refractivity contribution < 1.29 is 14.1 Å². The van der Waals surface area contributed by atoms with Crippen LogP contribution in [0, 0.1) is 6.92 Å². The minimum atomic E-state index is -0.561. The van der Waals surface area contributed by atoms with Gasteiger partial charge in [-0.05, 0) is 37.5 Å². The highest BCUT2D eigenvalue weighted by atomic mass is 35.5. The molecule has 1 saturated heterocycles. The van der Waals surface area contributed by atoms with Gasteiger partial charge < -0.3 is 19.5 Å². The molecule has 11 heteroatoms. The number of pyridine rings is 1. The summed E-state index contributed by atoms with van der Waals surface area (Å²) in [6.45, 7) is 3.58. The molecule has 0 radical (unpaired) electrons. The number of aryl methyl sites for hydroxylation is 1. The zero-order chi connectivity index (χ0) is 24.2. The number of nitrogens with zero attached hydrogens (tertiary/aromatic N) is 5. The van der Waals surface area contributed by atoms with Crippen LogP contribution in [0.3, 0.4) is 0 Å². The number of hydrogen-bond donors (Lipinski definition) is 2. The number of piperidine rings is 1. The topological polar surface area (TPSA) is 118 Å². The van der Waals surface area contributed by atoms with Crippen molar-refractivity contribution >= 4 is 46.2 Å². The van der Waals surface area contributed by atoms with E-state index in [4.69, 9.17) is 20.9 Å². The van der Waals surface area contributed by atoms with E-state index in [1.807, 2.05) is 30.3 Å². The second kappa shape index (κ2) is 10.1. The van der Waals surface area contributed by atoms with E-state index in [0.717, 1.165) is 41.7 Å². The van der Waals surface area contributed by atoms with Crippen LogP contribution in [0.4, 0.5) is 22.4 Å². The Balaban J connectivity index is 1.26. The Morgan fingerprint density at radius 1 is 1.29 bits per heavy atom. The number of ether oxygens (including phenoxy) is 1. The number of amides is 1. The van der Waals surface area contributed by atoms with Gasteiger partial charge in [0.15, 0.2) is 5.82 Å². The molecule has 0 bridgehead atoms. The molecule has 180 valence electrons. The van der Waals surface area contributed by atoms with Gasteiger partial charge in [-0.25, -0.2) is 19.7 Å². The van der Waals surface area contributed by atoms with Crippen molar-refractivity contribution in [2.75, 3.05) is 28.6 Å². The third-order valence-electron chi connectivity index (χ3n) is 5.69. The van der Waals surface area contributed by atoms with E-state index < -0.39 is 6.09 Å². The fourth-order valence-electron chi connectivity index (χ4n) is 4.03. The van der Waals surface area contributed by atoms with E-state index in [9.17, 15) is 4.79 Å². The Morgan fingerprint density at radius 3 is 3.00 bits per heavy atom. The molecule has 4 aromatic rings. The monoisotopic (exact) mass is 493 g/mol. The van der Waals surface area contributed by atoms with Crippen molar-refractivity contribution in [2.24, 2.45) is 0 Å². The van der Waals surface area contributed by atoms with Crippen LogP contribution in [0.25, 0.3) is 10.9 Å². The second-order valence-corrected chi connectivity index (χ2v) is 8.68. The van der Waals surface area contributed by atoms with E-state index >= 15 is 0 Å². The highest BCUT2D eigenvalue weighted by Gasteiger charge is 2.25. The van der Waals surface area contributed by atoms with Gasteiger partial charge in [0, 0.05) is 36.6 Å². The van der Waals surface area contributed by atoms with Crippen molar-refractivity contribution in [1.29, 1.82) is 0 Å². The first-order chi connectivity index (χ1) is 17.0. The zero-order valence-electron chi connectivity index (χ0n) is 19.1. The molecule has 5 rings (SSSR count). The van der Waals surface area contributed by atoms with Crippen LogP contribution in [0.2, 0.25) is 5.02 Å². The SMILES string of the molecule is Cc1cc(NC(=O)OC2CCCN(c3nccc4nc(NCc5ccccc5Cl)ncc34)C2)no1. The number of hydrogen-bond acceptors (Lipinski definition) is 9. The van der Waals surface area contributed by atoms with E-state index in [1.165, 1.54) is 0 Å². The van der Waals surface area contributed by atoms with Gasteiger partial charge in [0.25, 0.3) is 0 Å². The van der Waals surface area contributed by atoms with Crippen LogP contribution in [0.15, 0.2) is 53.3 Å². The lowest BCUT2D eigenvalue weighted by molar-refractivity contribution is 0.100. The van der Waals surface area contributed by atoms with Gasteiger partial charge in [0.05, 0.1) is 17.4 Å². The summed E-state index contributed by atoms with van der Waals surface area (Å²) >= 11 is 6.24. The molecule has 3 aromatic heterocycles. The molecule has 0 aliphatic carbocycles. The minimum absolute atomic E-state index is 0.286. The number of fused-ring (bicyclic) bond motifs is 1. The highest BCUT2D eigenvalue weighted by molar-refractivity contribution is 6.31. The van der Waals surface area contributed by atoms with Crippen LogP contribution in [0.1, 0.15) is 24.2 Å². The van der Waals surface area contributed by atoms with Crippen molar-refractivity contribution in [3.05, 3.63) is 65.1 Å². The molecule has 1 fully saturated rings. The van der Waals surface area contributed by atoms with Crippen LogP contribution in [-0.2, 0) is 11.3 Å². The summed E-state index contributed by atoms with van der Waals surface area (Å²) in [6, 6.07) is 11.1. The number of carbonyl (C=O) groups is 1. The van der Waals surface area contributed by atoms with Gasteiger partial charge in [0.1, 0.15) is 17.7 Å². The average Bonchev–Trinajstić information content (AvgIpc) is 3.27. The van der Waals surface area contributed by atoms with E-state index in [1.54, 1.807) is 25.4 Å². The van der Waals surface area contributed by atoms with Gasteiger partial charge >= 0.3 is 6.09 Å². The number of anilines is 3. The first-order valence-corrected chi connectivity index (χ1v) is 11.7. The maximum atomic E-state index is 12.3. The Morgan fingerprint density at radius 2 is 2.17 bits per heavy atom. The Kier molecular flexibility index (Phi) is 6.62. The van der Waals surface area contributed by atoms with Crippen LogP contribution >= 0.6 is 11.6 Å². The van der Waals surface area contributed by atoms with Crippen LogP contribution in [-0.4, -0.2) is 45.4 Å². The third-order valence-corrected chi connectivity index (χ3v) is 6.06. The van der Waals surface area contributed by atoms with Gasteiger partial charge in [-0.15, -0.1) is 0 Å². The summed E-state index contributed by atoms with van der Waals surface area (Å²) in [6.07, 6.45) is 4.27. The van der Waals surface area contributed by atoms with Crippen LogP contribution < -0.4 is 15.5 Å². The Hall–Kier alpha value is -3.92. The second-order valence-electron chi connectivity index (χ2n) is 8.27. The Labute approximate surface area is 206 Å². The normalized spacial score (nSPS) is 15.7. The summed E-state index contributed by atoms with van der Waals surface area (Å²) < 4.78 is 10.6. The molecule has 0 saturated carbocycles. The smallest absolute Gasteiger partial charge is 0.413 e. The number of aromatic nitrogens is 4. The van der Waals surface area contributed by atoms with Gasteiger partial charge in [0.2, 0.25) is 5.95 Å². The molecule has 1 aromatic carbocycles. The molecule has 4 heterocycles. The first kappa shape index (κ1) is 22.9. The van der Waals surface area contributed by atoms with Crippen molar-refractivity contribution in [1.82, 2.24) is 20.1 Å². The summed E-state index contributed by atoms with van der Waals surface area (Å²) in [5, 5.41) is 11.1. The lowest BCUT2D eigenvalue weighted by Crippen LogP contribution is -2.41. The minimum Gasteiger partial charge on any atom is -0.444 e. The van der Waals surface area contributed by atoms with Crippen LogP contribution in [0.5, 0.6) is 0 Å². The molecule has 35 heavy (non-hydrogen) atoms. The number of nitrogens with one attached hydrogen (secondary N) is 2. The third kappa shape index (κ3) is 5.43. The maximum Gasteiger partial charge on any atom is 0.413 e. The van der Waals surface area contributed by atoms with E-state index in [-0.39, 0.29) is 6.10 Å². The predicted octanol–water partition coefficient (Wildman–Crippen LogP) is 4.80. The van der Waals surface area contributed by atoms with Gasteiger partial charge in [-0.1, -0.05) is 35.0 Å². The molecule has 10 nitrogen and oxygen atoms in total. The summed E-state index contributed by atoms with van der Waals surface area (Å²) in [4.78, 5) is 28.1. The lowest BCUT2D eigenvalue weighted by atomic mass is 10.1. The summed E-state index contributed by atoms with van der Waals surface area (Å²) in [7, 11) is 0. The fourth-order valence-corrected chi connectivity index (χ4v) is 4.24. The predicted molar refractivity (Wildman–Crippen MR) is 133 cm³/mol. The molecular weight excluding hydrogens is 470 g/mol. The molecule has 1 amide bonds.